The first kappa shape index (κ1) is 10.5. The van der Waals surface area contributed by atoms with Crippen molar-refractivity contribution in [3.63, 3.8) is 0 Å². The molecule has 0 aliphatic carbocycles. The van der Waals surface area contributed by atoms with Crippen molar-refractivity contribution in [1.29, 1.82) is 0 Å². The van der Waals surface area contributed by atoms with Crippen LogP contribution in [0.25, 0.3) is 0 Å². The lowest BCUT2D eigenvalue weighted by Gasteiger charge is -2.16. The number of hydrogen-bond donors (Lipinski definition) is 0. The lowest BCUT2D eigenvalue weighted by atomic mass is 10.4. The Kier molecular flexibility index (Phi) is 2.63. The zero-order chi connectivity index (χ0) is 10.1. The molecule has 4 heteroatoms. The summed E-state index contributed by atoms with van der Waals surface area (Å²) in [6.45, 7) is 5.53. The second-order valence-corrected chi connectivity index (χ2v) is 14.9. The quantitative estimate of drug-likeness (QED) is 0.708. The second kappa shape index (κ2) is 3.27. The molecule has 0 aromatic heterocycles. The molecule has 1 rings (SSSR count). The molecule has 0 radical (unpaired) electrons. The summed E-state index contributed by atoms with van der Waals surface area (Å²) in [7, 11) is -5.19. The normalized spacial score (nSPS) is 12.8. The Hall–Kier alpha value is -0.613. The van der Waals surface area contributed by atoms with Crippen molar-refractivity contribution in [1.82, 2.24) is 0 Å². The van der Waals surface area contributed by atoms with Gasteiger partial charge >= 0.3 is 0 Å². The molecule has 0 saturated carbocycles. The molecule has 2 nitrogen and oxygen atoms in total. The molecular formula is C9H14O2SSi. The molecule has 0 saturated heterocycles. The van der Waals surface area contributed by atoms with Gasteiger partial charge in [0.2, 0.25) is 0 Å². The summed E-state index contributed by atoms with van der Waals surface area (Å²) in [6, 6.07) is 8.66. The zero-order valence-corrected chi connectivity index (χ0v) is 9.93. The maximum absolute atomic E-state index is 11.9. The van der Waals surface area contributed by atoms with Crippen LogP contribution < -0.4 is 0 Å². The van der Waals surface area contributed by atoms with Gasteiger partial charge in [-0.2, -0.15) is 0 Å². The highest BCUT2D eigenvalue weighted by molar-refractivity contribution is 8.21. The van der Waals surface area contributed by atoms with E-state index in [1.807, 2.05) is 25.7 Å². The first-order valence-corrected chi connectivity index (χ1v) is 9.86. The van der Waals surface area contributed by atoms with Gasteiger partial charge in [0, 0.05) is 0 Å². The summed E-state index contributed by atoms with van der Waals surface area (Å²) in [5, 5.41) is 0. The smallest absolute Gasteiger partial charge is 0.192 e. The van der Waals surface area contributed by atoms with Gasteiger partial charge in [0.25, 0.3) is 0 Å². The van der Waals surface area contributed by atoms with E-state index in [1.54, 1.807) is 24.3 Å². The van der Waals surface area contributed by atoms with Crippen molar-refractivity contribution in [2.75, 3.05) is 0 Å². The lowest BCUT2D eigenvalue weighted by Crippen LogP contribution is -2.33. The fourth-order valence-electron chi connectivity index (χ4n) is 0.953. The Morgan fingerprint density at radius 1 is 1.00 bits per heavy atom. The highest BCUT2D eigenvalue weighted by Crippen LogP contribution is 2.20. The molecule has 1 aromatic rings. The summed E-state index contributed by atoms with van der Waals surface area (Å²) in [5.74, 6) is 0. The standard InChI is InChI=1S/C9H14O2SSi/c1-13(2,3)12(10,11)9-7-5-4-6-8-9/h4-8H,1-3H3. The van der Waals surface area contributed by atoms with Crippen molar-refractivity contribution in [3.05, 3.63) is 30.3 Å². The first-order valence-electron chi connectivity index (χ1n) is 4.15. The van der Waals surface area contributed by atoms with Gasteiger partial charge in [-0.15, -0.1) is 0 Å². The van der Waals surface area contributed by atoms with Crippen LogP contribution in [0.5, 0.6) is 0 Å². The molecule has 13 heavy (non-hydrogen) atoms. The Labute approximate surface area is 80.2 Å². The van der Waals surface area contributed by atoms with Gasteiger partial charge < -0.3 is 0 Å². The van der Waals surface area contributed by atoms with Crippen molar-refractivity contribution < 1.29 is 8.42 Å². The third-order valence-electron chi connectivity index (χ3n) is 1.86. The molecule has 0 aliphatic heterocycles. The molecule has 72 valence electrons. The predicted octanol–water partition coefficient (Wildman–Crippen LogP) is 2.30. The van der Waals surface area contributed by atoms with Gasteiger partial charge in [-0.3, -0.25) is 0 Å². The van der Waals surface area contributed by atoms with Crippen molar-refractivity contribution in [2.45, 2.75) is 24.5 Å². The Balaban J connectivity index is 3.26. The van der Waals surface area contributed by atoms with Gasteiger partial charge in [0.1, 0.15) is 9.29 Å². The fraction of sp³-hybridized carbons (Fsp3) is 0.333. The van der Waals surface area contributed by atoms with E-state index in [4.69, 9.17) is 0 Å². The van der Waals surface area contributed by atoms with Gasteiger partial charge in [-0.1, -0.05) is 37.8 Å². The van der Waals surface area contributed by atoms with Crippen molar-refractivity contribution in [3.8, 4) is 0 Å². The molecule has 0 heterocycles. The summed E-state index contributed by atoms with van der Waals surface area (Å²) >= 11 is 0. The van der Waals surface area contributed by atoms with Crippen LogP contribution in [0.3, 0.4) is 0 Å². The van der Waals surface area contributed by atoms with Gasteiger partial charge in [0.15, 0.2) is 7.22 Å². The molecule has 0 N–H and O–H groups in total. The van der Waals surface area contributed by atoms with Crippen LogP contribution in [0.2, 0.25) is 19.6 Å². The molecule has 0 aliphatic rings. The third-order valence-corrected chi connectivity index (χ3v) is 9.91. The maximum atomic E-state index is 11.9. The number of benzene rings is 1. The fourth-order valence-corrected chi connectivity index (χ4v) is 4.71. The second-order valence-electron chi connectivity index (χ2n) is 3.93. The van der Waals surface area contributed by atoms with Crippen LogP contribution in [0.15, 0.2) is 35.2 Å². The molecular weight excluding hydrogens is 200 g/mol. The van der Waals surface area contributed by atoms with E-state index < -0.39 is 16.5 Å². The third kappa shape index (κ3) is 2.00. The highest BCUT2D eigenvalue weighted by atomic mass is 32.4. The van der Waals surface area contributed by atoms with Crippen LogP contribution in [-0.2, 0) is 9.29 Å². The van der Waals surface area contributed by atoms with E-state index in [1.165, 1.54) is 0 Å². The predicted molar refractivity (Wildman–Crippen MR) is 57.0 cm³/mol. The topological polar surface area (TPSA) is 34.1 Å². The largest absolute Gasteiger partial charge is 0.231 e. The number of hydrogen-bond acceptors (Lipinski definition) is 2. The summed E-state index contributed by atoms with van der Waals surface area (Å²) in [6.07, 6.45) is 0. The number of rotatable bonds is 2. The van der Waals surface area contributed by atoms with Crippen LogP contribution in [0.1, 0.15) is 0 Å². The summed E-state index contributed by atoms with van der Waals surface area (Å²) in [4.78, 5) is 0.453. The maximum Gasteiger partial charge on any atom is 0.192 e. The first-order chi connectivity index (χ1) is 5.86. The Bertz CT molecular complexity index is 376. The molecule has 0 amide bonds. The van der Waals surface area contributed by atoms with Crippen molar-refractivity contribution in [2.24, 2.45) is 0 Å². The van der Waals surface area contributed by atoms with Crippen LogP contribution in [0, 0.1) is 0 Å². The highest BCUT2D eigenvalue weighted by Gasteiger charge is 2.33. The molecule has 0 unspecified atom stereocenters. The molecule has 0 bridgehead atoms. The van der Waals surface area contributed by atoms with E-state index in [2.05, 4.69) is 0 Å². The van der Waals surface area contributed by atoms with E-state index in [0.717, 1.165) is 0 Å². The lowest BCUT2D eigenvalue weighted by molar-refractivity contribution is 0.607. The molecule has 0 atom stereocenters. The summed E-state index contributed by atoms with van der Waals surface area (Å²) in [5.41, 5.74) is 0. The van der Waals surface area contributed by atoms with Gasteiger partial charge in [-0.05, 0) is 12.1 Å². The SMILES string of the molecule is C[Si](C)(C)S(=O)(=O)c1ccccc1. The van der Waals surface area contributed by atoms with E-state index in [0.29, 0.717) is 4.90 Å². The Morgan fingerprint density at radius 2 is 1.46 bits per heavy atom. The minimum absolute atomic E-state index is 0.453. The van der Waals surface area contributed by atoms with E-state index in [9.17, 15) is 8.42 Å². The average molecular weight is 214 g/mol. The van der Waals surface area contributed by atoms with Crippen molar-refractivity contribution >= 4 is 16.5 Å². The van der Waals surface area contributed by atoms with E-state index in [-0.39, 0.29) is 0 Å². The molecule has 0 spiro atoms. The van der Waals surface area contributed by atoms with E-state index >= 15 is 0 Å². The van der Waals surface area contributed by atoms with Crippen LogP contribution in [-0.4, -0.2) is 15.6 Å². The van der Waals surface area contributed by atoms with Crippen LogP contribution in [0.4, 0.5) is 0 Å². The van der Waals surface area contributed by atoms with Gasteiger partial charge in [0.05, 0.1) is 4.90 Å². The molecule has 1 aromatic carbocycles. The summed E-state index contributed by atoms with van der Waals surface area (Å²) < 4.78 is 23.8. The van der Waals surface area contributed by atoms with Gasteiger partial charge in [-0.25, -0.2) is 8.42 Å². The Morgan fingerprint density at radius 3 is 1.85 bits per heavy atom. The zero-order valence-electron chi connectivity index (χ0n) is 8.11. The van der Waals surface area contributed by atoms with Crippen LogP contribution >= 0.6 is 0 Å². The molecule has 0 fully saturated rings. The average Bonchev–Trinajstić information content (AvgIpc) is 2.04. The minimum Gasteiger partial charge on any atom is -0.231 e. The monoisotopic (exact) mass is 214 g/mol. The minimum atomic E-state index is -3.04.